The maximum Gasteiger partial charge on any atom is 0.120 e. The number of aryl methyl sites for hydroxylation is 1. The highest BCUT2D eigenvalue weighted by Gasteiger charge is 2.26. The van der Waals surface area contributed by atoms with Crippen molar-refractivity contribution in [2.24, 2.45) is 0 Å². The lowest BCUT2D eigenvalue weighted by atomic mass is 10.3. The van der Waals surface area contributed by atoms with E-state index in [4.69, 9.17) is 4.42 Å². The third-order valence-corrected chi connectivity index (χ3v) is 3.30. The van der Waals surface area contributed by atoms with E-state index in [1.807, 2.05) is 6.07 Å². The van der Waals surface area contributed by atoms with Crippen LogP contribution in [0.3, 0.4) is 0 Å². The number of likely N-dealkylation sites (N-methyl/N-ethyl adjacent to an activating group) is 1. The minimum atomic E-state index is 0.848. The molecular formula is C13H22N2O. The topological polar surface area (TPSA) is 28.4 Å². The Kier molecular flexibility index (Phi) is 4.02. The Bertz CT molecular complexity index is 317. The van der Waals surface area contributed by atoms with E-state index in [9.17, 15) is 0 Å². The van der Waals surface area contributed by atoms with Gasteiger partial charge >= 0.3 is 0 Å². The first-order valence-electron chi connectivity index (χ1n) is 6.29. The highest BCUT2D eigenvalue weighted by atomic mass is 16.3. The summed E-state index contributed by atoms with van der Waals surface area (Å²) < 4.78 is 5.38. The fourth-order valence-electron chi connectivity index (χ4n) is 2.05. The normalized spacial score (nSPS) is 15.9. The summed E-state index contributed by atoms with van der Waals surface area (Å²) in [6.45, 7) is 8.55. The minimum Gasteiger partial charge on any atom is -0.468 e. The van der Waals surface area contributed by atoms with Crippen LogP contribution in [0.15, 0.2) is 16.7 Å². The lowest BCUT2D eigenvalue weighted by molar-refractivity contribution is 0.275. The summed E-state index contributed by atoms with van der Waals surface area (Å²) in [5, 5.41) is 3.44. The van der Waals surface area contributed by atoms with Crippen molar-refractivity contribution in [2.45, 2.75) is 39.3 Å². The molecule has 1 saturated carbocycles. The third-order valence-electron chi connectivity index (χ3n) is 3.30. The zero-order valence-corrected chi connectivity index (χ0v) is 10.3. The molecule has 1 aromatic rings. The van der Waals surface area contributed by atoms with E-state index in [2.05, 4.69) is 24.1 Å². The van der Waals surface area contributed by atoms with Gasteiger partial charge in [-0.15, -0.1) is 0 Å². The van der Waals surface area contributed by atoms with Gasteiger partial charge in [0.15, 0.2) is 0 Å². The Morgan fingerprint density at radius 2 is 2.31 bits per heavy atom. The number of rotatable bonds is 7. The van der Waals surface area contributed by atoms with E-state index in [1.165, 1.54) is 24.9 Å². The molecule has 0 unspecified atom stereocenters. The quantitative estimate of drug-likeness (QED) is 0.717. The largest absolute Gasteiger partial charge is 0.468 e. The van der Waals surface area contributed by atoms with Crippen LogP contribution in [0.2, 0.25) is 0 Å². The lowest BCUT2D eigenvalue weighted by Gasteiger charge is -2.19. The molecule has 1 aromatic heterocycles. The molecule has 0 spiro atoms. The van der Waals surface area contributed by atoms with Crippen molar-refractivity contribution >= 4 is 0 Å². The molecule has 0 aliphatic heterocycles. The van der Waals surface area contributed by atoms with Crippen LogP contribution in [0.25, 0.3) is 0 Å². The molecule has 90 valence electrons. The summed E-state index contributed by atoms with van der Waals surface area (Å²) in [6, 6.07) is 2.89. The summed E-state index contributed by atoms with van der Waals surface area (Å²) in [7, 11) is 0. The maximum atomic E-state index is 5.38. The molecule has 1 aliphatic rings. The summed E-state index contributed by atoms with van der Waals surface area (Å²) in [5.41, 5.74) is 1.24. The molecule has 1 aliphatic carbocycles. The summed E-state index contributed by atoms with van der Waals surface area (Å²) in [4.78, 5) is 2.56. The number of nitrogens with zero attached hydrogens (tertiary/aromatic N) is 1. The lowest BCUT2D eigenvalue weighted by Crippen LogP contribution is -2.33. The van der Waals surface area contributed by atoms with Crippen molar-refractivity contribution in [1.82, 2.24) is 10.2 Å². The van der Waals surface area contributed by atoms with Gasteiger partial charge in [0.25, 0.3) is 0 Å². The van der Waals surface area contributed by atoms with Crippen LogP contribution >= 0.6 is 0 Å². The second-order valence-electron chi connectivity index (χ2n) is 4.56. The Morgan fingerprint density at radius 3 is 2.88 bits per heavy atom. The summed E-state index contributed by atoms with van der Waals surface area (Å²) in [5.74, 6) is 1.06. The van der Waals surface area contributed by atoms with Crippen molar-refractivity contribution in [2.75, 3.05) is 19.6 Å². The molecular weight excluding hydrogens is 200 g/mol. The van der Waals surface area contributed by atoms with Gasteiger partial charge in [0.1, 0.15) is 5.76 Å². The standard InChI is InChI=1S/C13H22N2O/c1-3-15(12-4-5-12)8-7-14-10-13-11(2)6-9-16-13/h6,9,12,14H,3-5,7-8,10H2,1-2H3. The van der Waals surface area contributed by atoms with Gasteiger partial charge in [-0.25, -0.2) is 0 Å². The Labute approximate surface area is 97.8 Å². The van der Waals surface area contributed by atoms with Gasteiger partial charge in [-0.1, -0.05) is 6.92 Å². The van der Waals surface area contributed by atoms with Crippen molar-refractivity contribution in [3.8, 4) is 0 Å². The van der Waals surface area contributed by atoms with Crippen molar-refractivity contribution in [3.05, 3.63) is 23.7 Å². The van der Waals surface area contributed by atoms with Gasteiger partial charge in [-0.05, 0) is 37.9 Å². The predicted octanol–water partition coefficient (Wildman–Crippen LogP) is 2.16. The second-order valence-corrected chi connectivity index (χ2v) is 4.56. The Hall–Kier alpha value is -0.800. The van der Waals surface area contributed by atoms with Gasteiger partial charge < -0.3 is 9.73 Å². The molecule has 0 saturated heterocycles. The minimum absolute atomic E-state index is 0.848. The molecule has 2 rings (SSSR count). The fourth-order valence-corrected chi connectivity index (χ4v) is 2.05. The van der Waals surface area contributed by atoms with E-state index in [-0.39, 0.29) is 0 Å². The number of hydrogen-bond donors (Lipinski definition) is 1. The molecule has 16 heavy (non-hydrogen) atoms. The molecule has 1 N–H and O–H groups in total. The van der Waals surface area contributed by atoms with E-state index >= 15 is 0 Å². The van der Waals surface area contributed by atoms with Gasteiger partial charge in [-0.3, -0.25) is 4.90 Å². The summed E-state index contributed by atoms with van der Waals surface area (Å²) >= 11 is 0. The maximum absolute atomic E-state index is 5.38. The second kappa shape index (κ2) is 5.51. The molecule has 0 amide bonds. The van der Waals surface area contributed by atoms with Crippen molar-refractivity contribution in [3.63, 3.8) is 0 Å². The molecule has 1 heterocycles. The number of hydrogen-bond acceptors (Lipinski definition) is 3. The molecule has 0 atom stereocenters. The van der Waals surface area contributed by atoms with Crippen LogP contribution in [0.1, 0.15) is 31.1 Å². The van der Waals surface area contributed by atoms with Gasteiger partial charge in [0.05, 0.1) is 12.8 Å². The van der Waals surface area contributed by atoms with Crippen molar-refractivity contribution in [1.29, 1.82) is 0 Å². The fraction of sp³-hybridized carbons (Fsp3) is 0.692. The third kappa shape index (κ3) is 3.09. The van der Waals surface area contributed by atoms with E-state index in [1.54, 1.807) is 6.26 Å². The van der Waals surface area contributed by atoms with Crippen LogP contribution in [-0.2, 0) is 6.54 Å². The molecule has 1 fully saturated rings. The summed E-state index contributed by atoms with van der Waals surface area (Å²) in [6.07, 6.45) is 4.55. The van der Waals surface area contributed by atoms with Crippen LogP contribution < -0.4 is 5.32 Å². The highest BCUT2D eigenvalue weighted by Crippen LogP contribution is 2.25. The van der Waals surface area contributed by atoms with Gasteiger partial charge in [0.2, 0.25) is 0 Å². The molecule has 0 aromatic carbocycles. The SMILES string of the molecule is CCN(CCNCc1occc1C)C1CC1. The monoisotopic (exact) mass is 222 g/mol. The molecule has 0 radical (unpaired) electrons. The average molecular weight is 222 g/mol. The Morgan fingerprint density at radius 1 is 1.50 bits per heavy atom. The van der Waals surface area contributed by atoms with Crippen LogP contribution in [0, 0.1) is 6.92 Å². The van der Waals surface area contributed by atoms with Gasteiger partial charge in [-0.2, -0.15) is 0 Å². The van der Waals surface area contributed by atoms with Crippen molar-refractivity contribution < 1.29 is 4.42 Å². The van der Waals surface area contributed by atoms with Crippen LogP contribution in [0.5, 0.6) is 0 Å². The predicted molar refractivity (Wildman–Crippen MR) is 65.4 cm³/mol. The average Bonchev–Trinajstić information content (AvgIpc) is 3.04. The van der Waals surface area contributed by atoms with Gasteiger partial charge in [0, 0.05) is 19.1 Å². The van der Waals surface area contributed by atoms with Crippen LogP contribution in [-0.4, -0.2) is 30.6 Å². The number of nitrogens with one attached hydrogen (secondary N) is 1. The van der Waals surface area contributed by atoms with E-state index < -0.39 is 0 Å². The zero-order chi connectivity index (χ0) is 11.4. The first kappa shape index (κ1) is 11.7. The molecule has 3 nitrogen and oxygen atoms in total. The first-order chi connectivity index (χ1) is 7.81. The van der Waals surface area contributed by atoms with Crippen LogP contribution in [0.4, 0.5) is 0 Å². The smallest absolute Gasteiger partial charge is 0.120 e. The first-order valence-corrected chi connectivity index (χ1v) is 6.29. The zero-order valence-electron chi connectivity index (χ0n) is 10.3. The Balaban J connectivity index is 1.62. The molecule has 3 heteroatoms. The molecule has 0 bridgehead atoms. The number of furan rings is 1. The van der Waals surface area contributed by atoms with E-state index in [0.29, 0.717) is 0 Å². The van der Waals surface area contributed by atoms with E-state index in [0.717, 1.165) is 31.4 Å². The highest BCUT2D eigenvalue weighted by molar-refractivity contribution is 5.13.